The summed E-state index contributed by atoms with van der Waals surface area (Å²) in [5.41, 5.74) is 0.996. The summed E-state index contributed by atoms with van der Waals surface area (Å²) in [7, 11) is 0. The average molecular weight is 301 g/mol. The highest BCUT2D eigenvalue weighted by atomic mass is 16.5. The third kappa shape index (κ3) is 2.20. The third-order valence-electron chi connectivity index (χ3n) is 5.33. The monoisotopic (exact) mass is 301 g/mol. The minimum absolute atomic E-state index is 0.0938. The lowest BCUT2D eigenvalue weighted by Gasteiger charge is -2.19. The zero-order valence-electron chi connectivity index (χ0n) is 12.3. The highest BCUT2D eigenvalue weighted by molar-refractivity contribution is 5.88. The quantitative estimate of drug-likeness (QED) is 0.920. The Kier molecular flexibility index (Phi) is 3.18. The first-order chi connectivity index (χ1) is 10.6. The summed E-state index contributed by atoms with van der Waals surface area (Å²) in [4.78, 5) is 25.4. The van der Waals surface area contributed by atoms with Gasteiger partial charge in [0, 0.05) is 24.9 Å². The Morgan fingerprint density at radius 3 is 2.50 bits per heavy atom. The lowest BCUT2D eigenvalue weighted by Crippen LogP contribution is -2.32. The van der Waals surface area contributed by atoms with Crippen molar-refractivity contribution in [1.82, 2.24) is 4.90 Å². The second kappa shape index (κ2) is 5.09. The number of aromatic carboxylic acids is 1. The number of likely N-dealkylation sites (tertiary alicyclic amines) is 1. The Morgan fingerprint density at radius 2 is 1.86 bits per heavy atom. The van der Waals surface area contributed by atoms with Crippen molar-refractivity contribution in [3.8, 4) is 0 Å². The lowest BCUT2D eigenvalue weighted by molar-refractivity contribution is -0.130. The molecule has 5 nitrogen and oxygen atoms in total. The first-order valence-electron chi connectivity index (χ1n) is 7.87. The van der Waals surface area contributed by atoms with E-state index >= 15 is 0 Å². The van der Waals surface area contributed by atoms with Crippen LogP contribution in [0.25, 0.3) is 0 Å². The number of carbonyl (C=O) groups is 2. The molecule has 4 unspecified atom stereocenters. The number of rotatable bonds is 3. The Balaban J connectivity index is 1.43. The van der Waals surface area contributed by atoms with Crippen LogP contribution in [0.1, 0.15) is 28.8 Å². The van der Waals surface area contributed by atoms with Crippen molar-refractivity contribution < 1.29 is 19.4 Å². The summed E-state index contributed by atoms with van der Waals surface area (Å²) in [6, 6.07) is 6.64. The number of amides is 1. The normalized spacial score (nSPS) is 32.3. The molecular formula is C17H19NO4. The van der Waals surface area contributed by atoms with Crippen molar-refractivity contribution in [2.75, 3.05) is 13.1 Å². The zero-order valence-corrected chi connectivity index (χ0v) is 12.3. The molecule has 1 aromatic carbocycles. The van der Waals surface area contributed by atoms with Crippen molar-refractivity contribution in [3.63, 3.8) is 0 Å². The van der Waals surface area contributed by atoms with E-state index < -0.39 is 5.97 Å². The van der Waals surface area contributed by atoms with E-state index in [0.717, 1.165) is 31.5 Å². The van der Waals surface area contributed by atoms with Crippen LogP contribution in [0.2, 0.25) is 0 Å². The predicted molar refractivity (Wildman–Crippen MR) is 78.6 cm³/mol. The van der Waals surface area contributed by atoms with Crippen LogP contribution < -0.4 is 0 Å². The lowest BCUT2D eigenvalue weighted by atomic mass is 9.82. The molecule has 0 aliphatic carbocycles. The number of fused-ring (bicyclic) bond motifs is 5. The van der Waals surface area contributed by atoms with Crippen LogP contribution in [0.4, 0.5) is 0 Å². The fourth-order valence-corrected chi connectivity index (χ4v) is 4.26. The van der Waals surface area contributed by atoms with Crippen LogP contribution in [0, 0.1) is 11.8 Å². The standard InChI is InChI=1S/C17H19NO4/c19-16(7-10-2-1-3-11(6-10)17(20)21)18-8-12-13(9-18)15-5-4-14(12)22-15/h1-3,6,12-15H,4-5,7-9H2,(H,20,21). The summed E-state index contributed by atoms with van der Waals surface area (Å²) in [5.74, 6) is 0.149. The van der Waals surface area contributed by atoms with E-state index in [1.165, 1.54) is 0 Å². The molecule has 5 heteroatoms. The van der Waals surface area contributed by atoms with Crippen LogP contribution in [-0.4, -0.2) is 47.2 Å². The molecule has 3 heterocycles. The summed E-state index contributed by atoms with van der Waals surface area (Å²) in [6.45, 7) is 1.59. The van der Waals surface area contributed by atoms with Gasteiger partial charge in [-0.1, -0.05) is 12.1 Å². The number of carbonyl (C=O) groups excluding carboxylic acids is 1. The molecular weight excluding hydrogens is 282 g/mol. The Morgan fingerprint density at radius 1 is 1.18 bits per heavy atom. The van der Waals surface area contributed by atoms with Gasteiger partial charge in [-0.05, 0) is 30.5 Å². The van der Waals surface area contributed by atoms with Crippen molar-refractivity contribution >= 4 is 11.9 Å². The summed E-state index contributed by atoms with van der Waals surface area (Å²) in [6.07, 6.45) is 3.24. The second-order valence-electron chi connectivity index (χ2n) is 6.60. The van der Waals surface area contributed by atoms with Gasteiger partial charge >= 0.3 is 5.97 Å². The number of carboxylic acid groups (broad SMARTS) is 1. The highest BCUT2D eigenvalue weighted by Crippen LogP contribution is 2.47. The van der Waals surface area contributed by atoms with Gasteiger partial charge in [0.1, 0.15) is 0 Å². The molecule has 3 aliphatic heterocycles. The van der Waals surface area contributed by atoms with E-state index in [9.17, 15) is 9.59 Å². The van der Waals surface area contributed by atoms with Gasteiger partial charge < -0.3 is 14.7 Å². The molecule has 22 heavy (non-hydrogen) atoms. The second-order valence-corrected chi connectivity index (χ2v) is 6.60. The molecule has 4 atom stereocenters. The molecule has 1 amide bonds. The summed E-state index contributed by atoms with van der Waals surface area (Å²) in [5, 5.41) is 9.02. The van der Waals surface area contributed by atoms with Gasteiger partial charge in [0.15, 0.2) is 0 Å². The maximum absolute atomic E-state index is 12.5. The maximum atomic E-state index is 12.5. The van der Waals surface area contributed by atoms with E-state index in [1.54, 1.807) is 18.2 Å². The molecule has 4 rings (SSSR count). The van der Waals surface area contributed by atoms with Gasteiger partial charge in [0.2, 0.25) is 5.91 Å². The van der Waals surface area contributed by atoms with Gasteiger partial charge in [0.05, 0.1) is 24.2 Å². The molecule has 0 radical (unpaired) electrons. The van der Waals surface area contributed by atoms with Gasteiger partial charge in [-0.2, -0.15) is 0 Å². The number of nitrogens with zero attached hydrogens (tertiary/aromatic N) is 1. The van der Waals surface area contributed by atoms with Crippen LogP contribution in [0.3, 0.4) is 0 Å². The minimum atomic E-state index is -0.960. The van der Waals surface area contributed by atoms with Crippen LogP contribution >= 0.6 is 0 Å². The van der Waals surface area contributed by atoms with Gasteiger partial charge in [-0.3, -0.25) is 4.79 Å². The Labute approximate surface area is 128 Å². The SMILES string of the molecule is O=C(O)c1cccc(CC(=O)N2CC3C4CCC(O4)C3C2)c1. The maximum Gasteiger partial charge on any atom is 0.335 e. The van der Waals surface area contributed by atoms with Crippen molar-refractivity contribution in [3.05, 3.63) is 35.4 Å². The first kappa shape index (κ1) is 13.8. The molecule has 1 N–H and O–H groups in total. The molecule has 0 spiro atoms. The number of hydrogen-bond donors (Lipinski definition) is 1. The number of benzene rings is 1. The van der Waals surface area contributed by atoms with Crippen LogP contribution in [-0.2, 0) is 16.0 Å². The van der Waals surface area contributed by atoms with Crippen molar-refractivity contribution in [1.29, 1.82) is 0 Å². The molecule has 2 bridgehead atoms. The van der Waals surface area contributed by atoms with Crippen molar-refractivity contribution in [2.45, 2.75) is 31.5 Å². The predicted octanol–water partition coefficient (Wildman–Crippen LogP) is 1.56. The van der Waals surface area contributed by atoms with E-state index in [4.69, 9.17) is 9.84 Å². The molecule has 3 aliphatic rings. The van der Waals surface area contributed by atoms with E-state index in [1.807, 2.05) is 11.0 Å². The third-order valence-corrected chi connectivity index (χ3v) is 5.33. The van der Waals surface area contributed by atoms with Crippen LogP contribution in [0.5, 0.6) is 0 Å². The topological polar surface area (TPSA) is 66.8 Å². The van der Waals surface area contributed by atoms with E-state index in [0.29, 0.717) is 24.0 Å². The molecule has 0 saturated carbocycles. The fourth-order valence-electron chi connectivity index (χ4n) is 4.26. The molecule has 1 aromatic rings. The molecule has 116 valence electrons. The highest BCUT2D eigenvalue weighted by Gasteiger charge is 2.53. The molecule has 0 aromatic heterocycles. The van der Waals surface area contributed by atoms with Gasteiger partial charge in [-0.15, -0.1) is 0 Å². The van der Waals surface area contributed by atoms with Crippen molar-refractivity contribution in [2.24, 2.45) is 11.8 Å². The minimum Gasteiger partial charge on any atom is -0.478 e. The fraction of sp³-hybridized carbons (Fsp3) is 0.529. The number of hydrogen-bond acceptors (Lipinski definition) is 3. The Hall–Kier alpha value is -1.88. The number of ether oxygens (including phenoxy) is 1. The largest absolute Gasteiger partial charge is 0.478 e. The zero-order chi connectivity index (χ0) is 15.3. The summed E-state index contributed by atoms with van der Waals surface area (Å²) >= 11 is 0. The molecule has 3 fully saturated rings. The average Bonchev–Trinajstić information content (AvgIpc) is 3.20. The Bertz CT molecular complexity index is 611. The van der Waals surface area contributed by atoms with E-state index in [-0.39, 0.29) is 17.9 Å². The van der Waals surface area contributed by atoms with E-state index in [2.05, 4.69) is 0 Å². The van der Waals surface area contributed by atoms with Crippen LogP contribution in [0.15, 0.2) is 24.3 Å². The first-order valence-corrected chi connectivity index (χ1v) is 7.87. The summed E-state index contributed by atoms with van der Waals surface area (Å²) < 4.78 is 5.92. The number of carboxylic acids is 1. The molecule has 3 saturated heterocycles. The van der Waals surface area contributed by atoms with Gasteiger partial charge in [-0.25, -0.2) is 4.79 Å². The van der Waals surface area contributed by atoms with Gasteiger partial charge in [0.25, 0.3) is 0 Å². The smallest absolute Gasteiger partial charge is 0.335 e.